The van der Waals surface area contributed by atoms with Crippen molar-refractivity contribution in [1.82, 2.24) is 10.5 Å². The lowest BCUT2D eigenvalue weighted by atomic mass is 10.2. The number of hydrogen-bond donors (Lipinski definition) is 1. The average Bonchev–Trinajstić information content (AvgIpc) is 3.00. The number of carbonyl (C=O) groups excluding carboxylic acids is 1. The Balaban J connectivity index is 2.10. The molecule has 0 saturated heterocycles. The molecule has 1 N–H and O–H groups in total. The molecule has 2 aromatic heterocycles. The Bertz CT molecular complexity index is 678. The molecule has 2 heterocycles. The summed E-state index contributed by atoms with van der Waals surface area (Å²) >= 11 is 1.01. The summed E-state index contributed by atoms with van der Waals surface area (Å²) < 4.78 is 26.9. The number of amides is 1. The van der Waals surface area contributed by atoms with Gasteiger partial charge in [0.25, 0.3) is 15.0 Å². The average molecular weight is 321 g/mol. The highest BCUT2D eigenvalue weighted by atomic mass is 35.7. The lowest BCUT2D eigenvalue weighted by Gasteiger charge is -2.10. The predicted octanol–water partition coefficient (Wildman–Crippen LogP) is 2.15. The molecule has 2 rings (SSSR count). The number of thiophene rings is 1. The van der Waals surface area contributed by atoms with E-state index >= 15 is 0 Å². The lowest BCUT2D eigenvalue weighted by Crippen LogP contribution is -2.26. The number of carbonyl (C=O) groups is 1. The number of rotatable bonds is 4. The van der Waals surface area contributed by atoms with E-state index in [1.807, 2.05) is 0 Å². The van der Waals surface area contributed by atoms with E-state index in [1.165, 1.54) is 18.4 Å². The Morgan fingerprint density at radius 2 is 2.21 bits per heavy atom. The van der Waals surface area contributed by atoms with Crippen molar-refractivity contribution in [3.63, 3.8) is 0 Å². The summed E-state index contributed by atoms with van der Waals surface area (Å²) in [5.74, 6) is -0.398. The fourth-order valence-corrected chi connectivity index (χ4v) is 3.46. The molecule has 1 atom stereocenters. The van der Waals surface area contributed by atoms with Crippen molar-refractivity contribution >= 4 is 37.0 Å². The molecule has 1 amide bonds. The van der Waals surface area contributed by atoms with Gasteiger partial charge in [-0.2, -0.15) is 0 Å². The third kappa shape index (κ3) is 3.34. The first-order chi connectivity index (χ1) is 8.88. The number of aromatic nitrogens is 1. The molecule has 0 aliphatic heterocycles. The van der Waals surface area contributed by atoms with Gasteiger partial charge in [-0.25, -0.2) is 8.42 Å². The zero-order valence-corrected chi connectivity index (χ0v) is 12.1. The second-order valence-corrected chi connectivity index (χ2v) is 7.58. The Kier molecular flexibility index (Phi) is 3.93. The molecule has 2 aromatic rings. The molecule has 0 aliphatic rings. The van der Waals surface area contributed by atoms with Crippen LogP contribution in [0.3, 0.4) is 0 Å². The van der Waals surface area contributed by atoms with Gasteiger partial charge in [0.05, 0.1) is 6.04 Å². The summed E-state index contributed by atoms with van der Waals surface area (Å²) in [6.45, 7) is 1.73. The van der Waals surface area contributed by atoms with Gasteiger partial charge < -0.3 is 9.84 Å². The molecule has 19 heavy (non-hydrogen) atoms. The third-order valence-corrected chi connectivity index (χ3v) is 5.65. The first-order valence-corrected chi connectivity index (χ1v) is 8.26. The monoisotopic (exact) mass is 320 g/mol. The number of nitrogens with one attached hydrogen (secondary N) is 1. The van der Waals surface area contributed by atoms with Crippen LogP contribution in [0.25, 0.3) is 0 Å². The Labute approximate surface area is 117 Å². The van der Waals surface area contributed by atoms with Gasteiger partial charge in [-0.15, -0.1) is 11.3 Å². The topological polar surface area (TPSA) is 89.3 Å². The van der Waals surface area contributed by atoms with E-state index in [-0.39, 0.29) is 15.9 Å². The molecule has 0 radical (unpaired) electrons. The van der Waals surface area contributed by atoms with Crippen LogP contribution >= 0.6 is 22.0 Å². The van der Waals surface area contributed by atoms with Crippen molar-refractivity contribution in [3.8, 4) is 0 Å². The minimum Gasteiger partial charge on any atom is -0.364 e. The van der Waals surface area contributed by atoms with Gasteiger partial charge in [0, 0.05) is 21.6 Å². The first-order valence-electron chi connectivity index (χ1n) is 5.13. The summed E-state index contributed by atoms with van der Waals surface area (Å²) in [5, 5.41) is 6.18. The molecule has 9 heteroatoms. The predicted molar refractivity (Wildman–Crippen MR) is 69.7 cm³/mol. The second kappa shape index (κ2) is 5.32. The zero-order chi connectivity index (χ0) is 14.0. The Morgan fingerprint density at radius 1 is 1.47 bits per heavy atom. The summed E-state index contributed by atoms with van der Waals surface area (Å²) in [5.41, 5.74) is 0.161. The largest absolute Gasteiger partial charge is 0.364 e. The fraction of sp³-hybridized carbons (Fsp3) is 0.200. The molecule has 6 nitrogen and oxygen atoms in total. The smallest absolute Gasteiger partial charge is 0.273 e. The normalized spacial score (nSPS) is 13.2. The van der Waals surface area contributed by atoms with Crippen molar-refractivity contribution in [3.05, 3.63) is 35.0 Å². The second-order valence-electron chi connectivity index (χ2n) is 3.67. The SMILES string of the molecule is CC(NC(=O)c1ccon1)c1ccc(S(=O)(=O)Cl)s1. The van der Waals surface area contributed by atoms with Crippen LogP contribution in [0.4, 0.5) is 0 Å². The van der Waals surface area contributed by atoms with E-state index in [9.17, 15) is 13.2 Å². The van der Waals surface area contributed by atoms with Crippen LogP contribution in [0.2, 0.25) is 0 Å². The van der Waals surface area contributed by atoms with Gasteiger partial charge in [-0.3, -0.25) is 4.79 Å². The van der Waals surface area contributed by atoms with Crippen LogP contribution in [-0.4, -0.2) is 19.5 Å². The van der Waals surface area contributed by atoms with Crippen LogP contribution in [0.15, 0.2) is 33.2 Å². The van der Waals surface area contributed by atoms with Crippen molar-refractivity contribution in [2.24, 2.45) is 0 Å². The van der Waals surface area contributed by atoms with E-state index in [0.29, 0.717) is 4.88 Å². The molecule has 0 spiro atoms. The maximum absolute atomic E-state index is 11.7. The van der Waals surface area contributed by atoms with Crippen molar-refractivity contribution < 1.29 is 17.7 Å². The highest BCUT2D eigenvalue weighted by Crippen LogP contribution is 2.28. The summed E-state index contributed by atoms with van der Waals surface area (Å²) in [4.78, 5) is 12.4. The molecule has 102 valence electrons. The van der Waals surface area contributed by atoms with Crippen molar-refractivity contribution in [1.29, 1.82) is 0 Å². The molecule has 0 saturated carbocycles. The summed E-state index contributed by atoms with van der Waals surface area (Å²) in [6.07, 6.45) is 1.29. The molecular formula is C10H9ClN2O4S2. The van der Waals surface area contributed by atoms with Crippen LogP contribution in [0.1, 0.15) is 28.3 Å². The minimum absolute atomic E-state index is 0.0479. The minimum atomic E-state index is -3.74. The maximum atomic E-state index is 11.7. The van der Waals surface area contributed by atoms with Crippen molar-refractivity contribution in [2.75, 3.05) is 0 Å². The third-order valence-electron chi connectivity index (χ3n) is 2.29. The maximum Gasteiger partial charge on any atom is 0.273 e. The molecule has 0 fully saturated rings. The van der Waals surface area contributed by atoms with Gasteiger partial charge in [0.15, 0.2) is 5.69 Å². The highest BCUT2D eigenvalue weighted by Gasteiger charge is 2.18. The zero-order valence-electron chi connectivity index (χ0n) is 9.66. The number of hydrogen-bond acceptors (Lipinski definition) is 6. The highest BCUT2D eigenvalue weighted by molar-refractivity contribution is 8.15. The standard InChI is InChI=1S/C10H9ClN2O4S2/c1-6(12-10(14)7-4-5-17-13-7)8-2-3-9(18-8)19(11,15)16/h2-6H,1H3,(H,12,14). The summed E-state index contributed by atoms with van der Waals surface area (Å²) in [6, 6.07) is 4.08. The first kappa shape index (κ1) is 14.0. The van der Waals surface area contributed by atoms with Gasteiger partial charge in [0.2, 0.25) is 0 Å². The van der Waals surface area contributed by atoms with Crippen molar-refractivity contribution in [2.45, 2.75) is 17.2 Å². The van der Waals surface area contributed by atoms with E-state index in [1.54, 1.807) is 13.0 Å². The fourth-order valence-electron chi connectivity index (χ4n) is 1.37. The molecule has 0 aliphatic carbocycles. The quantitative estimate of drug-likeness (QED) is 0.872. The number of halogens is 1. The van der Waals surface area contributed by atoms with Crippen LogP contribution in [-0.2, 0) is 9.05 Å². The van der Waals surface area contributed by atoms with Gasteiger partial charge in [-0.05, 0) is 19.1 Å². The van der Waals surface area contributed by atoms with Gasteiger partial charge in [0.1, 0.15) is 10.5 Å². The van der Waals surface area contributed by atoms with E-state index in [0.717, 1.165) is 11.3 Å². The summed E-state index contributed by atoms with van der Waals surface area (Å²) in [7, 11) is 1.50. The molecule has 1 unspecified atom stereocenters. The number of nitrogens with zero attached hydrogens (tertiary/aromatic N) is 1. The van der Waals surface area contributed by atoms with E-state index in [2.05, 4.69) is 15.0 Å². The molecule has 0 aromatic carbocycles. The lowest BCUT2D eigenvalue weighted by molar-refractivity contribution is 0.0931. The van der Waals surface area contributed by atoms with E-state index < -0.39 is 15.0 Å². The van der Waals surface area contributed by atoms with Gasteiger partial charge >= 0.3 is 0 Å². The van der Waals surface area contributed by atoms with Crippen LogP contribution in [0, 0.1) is 0 Å². The van der Waals surface area contributed by atoms with Crippen LogP contribution < -0.4 is 5.32 Å². The molecular weight excluding hydrogens is 312 g/mol. The Hall–Kier alpha value is -1.38. The molecule has 0 bridgehead atoms. The van der Waals surface area contributed by atoms with Gasteiger partial charge in [-0.1, -0.05) is 5.16 Å². The van der Waals surface area contributed by atoms with E-state index in [4.69, 9.17) is 10.7 Å². The Morgan fingerprint density at radius 3 is 2.74 bits per heavy atom. The van der Waals surface area contributed by atoms with Crippen LogP contribution in [0.5, 0.6) is 0 Å².